The first-order chi connectivity index (χ1) is 10.3. The highest BCUT2D eigenvalue weighted by Gasteiger charge is 2.23. The smallest absolute Gasteiger partial charge is 0.278 e. The van der Waals surface area contributed by atoms with Crippen LogP contribution < -0.4 is 5.73 Å². The van der Waals surface area contributed by atoms with E-state index in [0.717, 1.165) is 0 Å². The Morgan fingerprint density at radius 2 is 2.17 bits per heavy atom. The predicted molar refractivity (Wildman–Crippen MR) is 87.8 cm³/mol. The van der Waals surface area contributed by atoms with Crippen LogP contribution >= 0.6 is 12.4 Å². The van der Waals surface area contributed by atoms with Gasteiger partial charge < -0.3 is 15.7 Å². The molecule has 1 atom stereocenters. The number of aryl methyl sites for hydroxylation is 1. The molecule has 0 spiro atoms. The van der Waals surface area contributed by atoms with Crippen molar-refractivity contribution in [3.63, 3.8) is 0 Å². The number of benzene rings is 1. The second-order valence-electron chi connectivity index (χ2n) is 5.24. The Hall–Kier alpha value is -2.12. The molecule has 0 bridgehead atoms. The van der Waals surface area contributed by atoms with Crippen molar-refractivity contribution in [2.45, 2.75) is 19.9 Å². The molecule has 0 aliphatic rings. The fraction of sp³-hybridized carbons (Fsp3) is 0.333. The molecule has 126 valence electrons. The van der Waals surface area contributed by atoms with Crippen molar-refractivity contribution < 1.29 is 14.3 Å². The molecule has 1 heterocycles. The van der Waals surface area contributed by atoms with Crippen molar-refractivity contribution in [3.05, 3.63) is 41.5 Å². The van der Waals surface area contributed by atoms with Gasteiger partial charge >= 0.3 is 0 Å². The highest BCUT2D eigenvalue weighted by atomic mass is 35.5. The van der Waals surface area contributed by atoms with Gasteiger partial charge in [0.2, 0.25) is 0 Å². The number of carbonyl (C=O) groups is 1. The number of aromatic hydroxyl groups is 1. The third kappa shape index (κ3) is 3.80. The van der Waals surface area contributed by atoms with Gasteiger partial charge in [0.15, 0.2) is 11.4 Å². The van der Waals surface area contributed by atoms with Crippen LogP contribution in [0.15, 0.2) is 24.4 Å². The second kappa shape index (κ2) is 7.43. The third-order valence-electron chi connectivity index (χ3n) is 3.63. The summed E-state index contributed by atoms with van der Waals surface area (Å²) in [5.74, 6) is -1.01. The zero-order valence-corrected chi connectivity index (χ0v) is 14.0. The molecule has 6 nitrogen and oxygen atoms in total. The quantitative estimate of drug-likeness (QED) is 0.888. The molecule has 1 aromatic carbocycles. The van der Waals surface area contributed by atoms with E-state index in [1.54, 1.807) is 20.9 Å². The number of aromatic nitrogens is 2. The lowest BCUT2D eigenvalue weighted by Gasteiger charge is -2.22. The summed E-state index contributed by atoms with van der Waals surface area (Å²) >= 11 is 0. The zero-order valence-electron chi connectivity index (χ0n) is 13.2. The first-order valence-electron chi connectivity index (χ1n) is 6.87. The van der Waals surface area contributed by atoms with Crippen LogP contribution in [0.2, 0.25) is 0 Å². The van der Waals surface area contributed by atoms with Gasteiger partial charge in [0.05, 0.1) is 11.9 Å². The van der Waals surface area contributed by atoms with Gasteiger partial charge in [0.1, 0.15) is 5.82 Å². The average molecular weight is 343 g/mol. The van der Waals surface area contributed by atoms with Crippen molar-refractivity contribution in [2.24, 2.45) is 5.73 Å². The van der Waals surface area contributed by atoms with Crippen molar-refractivity contribution in [1.29, 1.82) is 0 Å². The topological polar surface area (TPSA) is 84.4 Å². The van der Waals surface area contributed by atoms with E-state index in [1.165, 1.54) is 34.0 Å². The summed E-state index contributed by atoms with van der Waals surface area (Å²) in [5, 5.41) is 14.1. The number of likely N-dealkylation sites (N-methyl/N-ethyl adjacent to an activating group) is 1. The molecule has 3 N–H and O–H groups in total. The Labute approximate surface area is 140 Å². The number of amides is 1. The van der Waals surface area contributed by atoms with E-state index in [0.29, 0.717) is 17.8 Å². The van der Waals surface area contributed by atoms with Crippen molar-refractivity contribution in [1.82, 2.24) is 14.7 Å². The molecule has 0 aliphatic heterocycles. The van der Waals surface area contributed by atoms with Gasteiger partial charge in [0, 0.05) is 19.6 Å². The van der Waals surface area contributed by atoms with E-state index in [1.807, 2.05) is 0 Å². The number of rotatable bonds is 4. The second-order valence-corrected chi connectivity index (χ2v) is 5.24. The summed E-state index contributed by atoms with van der Waals surface area (Å²) < 4.78 is 14.5. The maximum Gasteiger partial charge on any atom is 0.278 e. The molecular formula is C15H20ClFN4O2. The molecule has 2 rings (SSSR count). The van der Waals surface area contributed by atoms with Crippen LogP contribution in [0.25, 0.3) is 5.69 Å². The van der Waals surface area contributed by atoms with Gasteiger partial charge in [-0.2, -0.15) is 5.10 Å². The first-order valence-corrected chi connectivity index (χ1v) is 6.87. The SMILES string of the molecule is Cc1cc(F)ccc1-n1cc(O)c(C(=O)N(C)C(C)CN)n1.Cl. The minimum Gasteiger partial charge on any atom is -0.504 e. The van der Waals surface area contributed by atoms with E-state index >= 15 is 0 Å². The molecule has 23 heavy (non-hydrogen) atoms. The van der Waals surface area contributed by atoms with E-state index in [-0.39, 0.29) is 35.7 Å². The van der Waals surface area contributed by atoms with Crippen LogP contribution in [0.1, 0.15) is 23.0 Å². The van der Waals surface area contributed by atoms with E-state index < -0.39 is 5.91 Å². The van der Waals surface area contributed by atoms with Gasteiger partial charge in [-0.3, -0.25) is 4.79 Å². The molecule has 0 saturated carbocycles. The lowest BCUT2D eigenvalue weighted by Crippen LogP contribution is -2.39. The van der Waals surface area contributed by atoms with Crippen LogP contribution in [-0.4, -0.2) is 45.3 Å². The lowest BCUT2D eigenvalue weighted by atomic mass is 10.2. The summed E-state index contributed by atoms with van der Waals surface area (Å²) in [4.78, 5) is 13.7. The Morgan fingerprint density at radius 1 is 1.52 bits per heavy atom. The maximum absolute atomic E-state index is 13.2. The summed E-state index contributed by atoms with van der Waals surface area (Å²) in [6, 6.07) is 4.02. The number of nitrogens with zero attached hydrogens (tertiary/aromatic N) is 3. The summed E-state index contributed by atoms with van der Waals surface area (Å²) in [6.07, 6.45) is 1.33. The normalized spacial score (nSPS) is 11.7. The average Bonchev–Trinajstić information content (AvgIpc) is 2.86. The molecule has 0 aliphatic carbocycles. The molecule has 0 fully saturated rings. The minimum atomic E-state index is -0.422. The Balaban J connectivity index is 0.00000264. The predicted octanol–water partition coefficient (Wildman–Crippen LogP) is 1.87. The third-order valence-corrected chi connectivity index (χ3v) is 3.63. The summed E-state index contributed by atoms with van der Waals surface area (Å²) in [5.41, 5.74) is 6.71. The van der Waals surface area contributed by atoms with Crippen LogP contribution in [0.5, 0.6) is 5.75 Å². The molecule has 1 amide bonds. The molecule has 1 unspecified atom stereocenters. The van der Waals surface area contributed by atoms with Gasteiger partial charge in [-0.25, -0.2) is 9.07 Å². The molecule has 1 aromatic heterocycles. The number of halogens is 2. The molecular weight excluding hydrogens is 323 g/mol. The monoisotopic (exact) mass is 342 g/mol. The number of nitrogens with two attached hydrogens (primary N) is 1. The molecule has 2 aromatic rings. The number of carbonyl (C=O) groups excluding carboxylic acids is 1. The Morgan fingerprint density at radius 3 is 2.74 bits per heavy atom. The van der Waals surface area contributed by atoms with Crippen molar-refractivity contribution in [3.8, 4) is 11.4 Å². The van der Waals surface area contributed by atoms with Gasteiger partial charge in [0.25, 0.3) is 5.91 Å². The fourth-order valence-corrected chi connectivity index (χ4v) is 2.04. The highest BCUT2D eigenvalue weighted by molar-refractivity contribution is 5.94. The summed E-state index contributed by atoms with van der Waals surface area (Å²) in [7, 11) is 1.60. The molecule has 0 saturated heterocycles. The largest absolute Gasteiger partial charge is 0.504 e. The number of hydrogen-bond acceptors (Lipinski definition) is 4. The molecule has 0 radical (unpaired) electrons. The summed E-state index contributed by atoms with van der Waals surface area (Å²) in [6.45, 7) is 3.83. The van der Waals surface area contributed by atoms with E-state index in [9.17, 15) is 14.3 Å². The van der Waals surface area contributed by atoms with Gasteiger partial charge in [-0.1, -0.05) is 0 Å². The Bertz CT molecular complexity index is 705. The zero-order chi connectivity index (χ0) is 16.4. The fourth-order valence-electron chi connectivity index (χ4n) is 2.04. The van der Waals surface area contributed by atoms with Gasteiger partial charge in [-0.05, 0) is 37.6 Å². The van der Waals surface area contributed by atoms with Crippen molar-refractivity contribution in [2.75, 3.05) is 13.6 Å². The highest BCUT2D eigenvalue weighted by Crippen LogP contribution is 2.22. The Kier molecular flexibility index (Phi) is 6.12. The molecule has 8 heteroatoms. The van der Waals surface area contributed by atoms with Crippen LogP contribution in [0.3, 0.4) is 0 Å². The standard InChI is InChI=1S/C15H19FN4O2.ClH/c1-9-6-11(16)4-5-12(9)20-8-13(21)14(18-20)15(22)19(3)10(2)7-17;/h4-6,8,10,21H,7,17H2,1-3H3;1H. The van der Waals surface area contributed by atoms with Crippen LogP contribution in [0.4, 0.5) is 4.39 Å². The van der Waals surface area contributed by atoms with E-state index in [4.69, 9.17) is 5.73 Å². The van der Waals surface area contributed by atoms with Crippen LogP contribution in [-0.2, 0) is 0 Å². The first kappa shape index (κ1) is 18.9. The minimum absolute atomic E-state index is 0. The van der Waals surface area contributed by atoms with Crippen LogP contribution in [0, 0.1) is 12.7 Å². The van der Waals surface area contributed by atoms with Gasteiger partial charge in [-0.15, -0.1) is 12.4 Å². The van der Waals surface area contributed by atoms with E-state index in [2.05, 4.69) is 5.10 Å². The number of hydrogen-bond donors (Lipinski definition) is 2. The lowest BCUT2D eigenvalue weighted by molar-refractivity contribution is 0.0739. The maximum atomic E-state index is 13.2. The van der Waals surface area contributed by atoms with Crippen molar-refractivity contribution >= 4 is 18.3 Å².